The molecule has 0 bridgehead atoms. The number of fused-ring (bicyclic) bond motifs is 1. The van der Waals surface area contributed by atoms with Crippen LogP contribution in [-0.4, -0.2) is 39.9 Å². The van der Waals surface area contributed by atoms with Gasteiger partial charge >= 0.3 is 6.09 Å². The predicted octanol–water partition coefficient (Wildman–Crippen LogP) is 5.15. The Morgan fingerprint density at radius 1 is 1.36 bits per heavy atom. The summed E-state index contributed by atoms with van der Waals surface area (Å²) in [5.41, 5.74) is 1.77. The highest BCUT2D eigenvalue weighted by Crippen LogP contribution is 2.32. The van der Waals surface area contributed by atoms with Crippen LogP contribution in [0, 0.1) is 5.92 Å². The zero-order valence-corrected chi connectivity index (χ0v) is 17.2. The molecule has 0 saturated carbocycles. The molecular formula is C22H30N2O4. The van der Waals surface area contributed by atoms with Crippen LogP contribution in [0.15, 0.2) is 22.7 Å². The second-order valence-corrected chi connectivity index (χ2v) is 8.45. The number of aryl methyl sites for hydroxylation is 1. The minimum Gasteiger partial charge on any atom is -0.507 e. The fourth-order valence-electron chi connectivity index (χ4n) is 3.64. The number of aromatic nitrogens is 1. The molecule has 1 N–H and O–H groups in total. The standard InChI is InChI=1S/C22H30N2O4/c1-5-6-17-19(25)10-8-16-18(23-28-20(16)17)9-7-15-11-13-24(14-12-15)21(26)27-22(2,3)4/h5-6,8,10,15,25H,7,9,11-14H2,1-4H3. The summed E-state index contributed by atoms with van der Waals surface area (Å²) in [5.74, 6) is 0.750. The van der Waals surface area contributed by atoms with E-state index in [1.807, 2.05) is 45.9 Å². The highest BCUT2D eigenvalue weighted by molar-refractivity contribution is 5.89. The van der Waals surface area contributed by atoms with E-state index >= 15 is 0 Å². The summed E-state index contributed by atoms with van der Waals surface area (Å²) in [6, 6.07) is 3.56. The van der Waals surface area contributed by atoms with E-state index in [1.165, 1.54) is 0 Å². The van der Waals surface area contributed by atoms with Crippen LogP contribution in [0.4, 0.5) is 4.79 Å². The Morgan fingerprint density at radius 2 is 2.07 bits per heavy atom. The Kier molecular flexibility index (Phi) is 5.96. The zero-order chi connectivity index (χ0) is 20.3. The second kappa shape index (κ2) is 8.25. The van der Waals surface area contributed by atoms with Crippen LogP contribution < -0.4 is 0 Å². The third-order valence-electron chi connectivity index (χ3n) is 5.12. The summed E-state index contributed by atoms with van der Waals surface area (Å²) in [6.45, 7) is 9.04. The molecule has 0 atom stereocenters. The minimum atomic E-state index is -0.456. The third kappa shape index (κ3) is 4.66. The lowest BCUT2D eigenvalue weighted by Gasteiger charge is -2.33. The van der Waals surface area contributed by atoms with E-state index in [1.54, 1.807) is 11.0 Å². The van der Waals surface area contributed by atoms with Crippen LogP contribution in [0.25, 0.3) is 17.0 Å². The molecule has 2 aromatic rings. The Balaban J connectivity index is 1.58. The van der Waals surface area contributed by atoms with Crippen LogP contribution in [0.2, 0.25) is 0 Å². The van der Waals surface area contributed by atoms with Gasteiger partial charge in [0.15, 0.2) is 5.58 Å². The van der Waals surface area contributed by atoms with E-state index in [9.17, 15) is 9.90 Å². The molecule has 0 aliphatic carbocycles. The van der Waals surface area contributed by atoms with Crippen molar-refractivity contribution < 1.29 is 19.2 Å². The van der Waals surface area contributed by atoms with E-state index < -0.39 is 5.60 Å². The van der Waals surface area contributed by atoms with Crippen LogP contribution in [0.3, 0.4) is 0 Å². The lowest BCUT2D eigenvalue weighted by Crippen LogP contribution is -2.41. The first-order chi connectivity index (χ1) is 13.3. The summed E-state index contributed by atoms with van der Waals surface area (Å²) in [4.78, 5) is 14.0. The van der Waals surface area contributed by atoms with Gasteiger partial charge in [0.2, 0.25) is 0 Å². The molecule has 1 aliphatic heterocycles. The summed E-state index contributed by atoms with van der Waals surface area (Å²) in [7, 11) is 0. The van der Waals surface area contributed by atoms with Gasteiger partial charge in [-0.1, -0.05) is 17.3 Å². The number of amides is 1. The monoisotopic (exact) mass is 386 g/mol. The fraction of sp³-hybridized carbons (Fsp3) is 0.545. The first-order valence-corrected chi connectivity index (χ1v) is 9.99. The van der Waals surface area contributed by atoms with Crippen molar-refractivity contribution in [2.75, 3.05) is 13.1 Å². The number of phenolic OH excluding ortho intramolecular Hbond substituents is 1. The molecule has 2 heterocycles. The van der Waals surface area contributed by atoms with Crippen molar-refractivity contribution in [3.63, 3.8) is 0 Å². The zero-order valence-electron chi connectivity index (χ0n) is 17.2. The topological polar surface area (TPSA) is 75.8 Å². The molecule has 152 valence electrons. The number of ether oxygens (including phenoxy) is 1. The number of carbonyl (C=O) groups is 1. The number of hydrogen-bond acceptors (Lipinski definition) is 5. The van der Waals surface area contributed by atoms with Crippen molar-refractivity contribution in [3.05, 3.63) is 29.5 Å². The van der Waals surface area contributed by atoms with E-state index in [0.717, 1.165) is 49.9 Å². The van der Waals surface area contributed by atoms with Crippen LogP contribution >= 0.6 is 0 Å². The largest absolute Gasteiger partial charge is 0.507 e. The summed E-state index contributed by atoms with van der Waals surface area (Å²) < 4.78 is 11.0. The minimum absolute atomic E-state index is 0.197. The van der Waals surface area contributed by atoms with Crippen molar-refractivity contribution in [2.24, 2.45) is 5.92 Å². The number of benzene rings is 1. The normalized spacial score (nSPS) is 16.2. The Hall–Kier alpha value is -2.50. The fourth-order valence-corrected chi connectivity index (χ4v) is 3.64. The van der Waals surface area contributed by atoms with Gasteiger partial charge in [0, 0.05) is 18.5 Å². The van der Waals surface area contributed by atoms with Crippen LogP contribution in [0.1, 0.15) is 58.2 Å². The van der Waals surface area contributed by atoms with Gasteiger partial charge in [0.25, 0.3) is 0 Å². The van der Waals surface area contributed by atoms with Gasteiger partial charge in [0.1, 0.15) is 11.4 Å². The maximum Gasteiger partial charge on any atom is 0.410 e. The number of carbonyl (C=O) groups excluding carboxylic acids is 1. The molecule has 6 heteroatoms. The Morgan fingerprint density at radius 3 is 2.71 bits per heavy atom. The number of rotatable bonds is 4. The van der Waals surface area contributed by atoms with E-state index in [0.29, 0.717) is 17.1 Å². The molecule has 6 nitrogen and oxygen atoms in total. The molecule has 1 aliphatic rings. The van der Waals surface area contributed by atoms with Gasteiger partial charge in [-0.2, -0.15) is 0 Å². The highest BCUT2D eigenvalue weighted by Gasteiger charge is 2.27. The number of aromatic hydroxyl groups is 1. The van der Waals surface area contributed by atoms with E-state index in [-0.39, 0.29) is 11.8 Å². The average Bonchev–Trinajstić information content (AvgIpc) is 3.04. The number of hydrogen-bond donors (Lipinski definition) is 1. The molecule has 1 saturated heterocycles. The van der Waals surface area contributed by atoms with Gasteiger partial charge in [-0.25, -0.2) is 4.79 Å². The van der Waals surface area contributed by atoms with Crippen molar-refractivity contribution in [1.82, 2.24) is 10.1 Å². The van der Waals surface area contributed by atoms with Crippen LogP contribution in [0.5, 0.6) is 5.75 Å². The van der Waals surface area contributed by atoms with Crippen molar-refractivity contribution in [3.8, 4) is 5.75 Å². The SMILES string of the molecule is CC=Cc1c(O)ccc2c(CCC3CCN(C(=O)OC(C)(C)C)CC3)noc12. The number of likely N-dealkylation sites (tertiary alicyclic amines) is 1. The summed E-state index contributed by atoms with van der Waals surface area (Å²) in [5, 5.41) is 15.2. The van der Waals surface area contributed by atoms with Gasteiger partial charge < -0.3 is 19.3 Å². The molecule has 1 aromatic heterocycles. The van der Waals surface area contributed by atoms with E-state index in [2.05, 4.69) is 5.16 Å². The molecular weight excluding hydrogens is 356 g/mol. The first-order valence-electron chi connectivity index (χ1n) is 9.99. The molecule has 28 heavy (non-hydrogen) atoms. The quantitative estimate of drug-likeness (QED) is 0.787. The second-order valence-electron chi connectivity index (χ2n) is 8.45. The number of allylic oxidation sites excluding steroid dienone is 1. The third-order valence-corrected chi connectivity index (χ3v) is 5.12. The lowest BCUT2D eigenvalue weighted by molar-refractivity contribution is 0.0181. The van der Waals surface area contributed by atoms with Gasteiger partial charge in [-0.15, -0.1) is 0 Å². The molecule has 0 unspecified atom stereocenters. The lowest BCUT2D eigenvalue weighted by atomic mass is 9.91. The highest BCUT2D eigenvalue weighted by atomic mass is 16.6. The average molecular weight is 386 g/mol. The Bertz CT molecular complexity index is 855. The van der Waals surface area contributed by atoms with Crippen molar-refractivity contribution >= 4 is 23.1 Å². The van der Waals surface area contributed by atoms with Crippen molar-refractivity contribution in [1.29, 1.82) is 0 Å². The van der Waals surface area contributed by atoms with Gasteiger partial charge in [-0.3, -0.25) is 0 Å². The molecule has 0 spiro atoms. The van der Waals surface area contributed by atoms with Crippen molar-refractivity contribution in [2.45, 2.75) is 59.0 Å². The predicted molar refractivity (Wildman–Crippen MR) is 109 cm³/mol. The number of piperidine rings is 1. The number of phenols is 1. The van der Waals surface area contributed by atoms with Gasteiger partial charge in [-0.05, 0) is 71.4 Å². The Labute approximate surface area is 166 Å². The molecule has 1 fully saturated rings. The molecule has 1 aromatic carbocycles. The summed E-state index contributed by atoms with van der Waals surface area (Å²) >= 11 is 0. The summed E-state index contributed by atoms with van der Waals surface area (Å²) in [6.07, 6.45) is 7.26. The van der Waals surface area contributed by atoms with Gasteiger partial charge in [0.05, 0.1) is 11.3 Å². The molecule has 1 amide bonds. The van der Waals surface area contributed by atoms with Crippen LogP contribution in [-0.2, 0) is 11.2 Å². The smallest absolute Gasteiger partial charge is 0.410 e. The maximum atomic E-state index is 12.2. The maximum absolute atomic E-state index is 12.2. The molecule has 3 rings (SSSR count). The first kappa shape index (κ1) is 20.2. The number of nitrogens with zero attached hydrogens (tertiary/aromatic N) is 2. The molecule has 0 radical (unpaired) electrons. The van der Waals surface area contributed by atoms with E-state index in [4.69, 9.17) is 9.26 Å².